The van der Waals surface area contributed by atoms with Gasteiger partial charge >= 0.3 is 5.97 Å². The van der Waals surface area contributed by atoms with Gasteiger partial charge in [0, 0.05) is 47.7 Å². The van der Waals surface area contributed by atoms with Crippen molar-refractivity contribution in [2.24, 2.45) is 5.16 Å². The van der Waals surface area contributed by atoms with E-state index in [0.717, 1.165) is 5.56 Å². The van der Waals surface area contributed by atoms with Crippen LogP contribution in [0.1, 0.15) is 41.2 Å². The molecular weight excluding hydrogens is 453 g/mol. The molecular formula is C23H21Cl2N3O4. The van der Waals surface area contributed by atoms with Gasteiger partial charge in [-0.2, -0.15) is 0 Å². The van der Waals surface area contributed by atoms with Gasteiger partial charge in [-0.15, -0.1) is 0 Å². The Bertz CT molecular complexity index is 1250. The first-order valence-electron chi connectivity index (χ1n) is 9.75. The molecule has 1 N–H and O–H groups in total. The lowest BCUT2D eigenvalue weighted by Gasteiger charge is -2.20. The van der Waals surface area contributed by atoms with Crippen molar-refractivity contribution in [2.45, 2.75) is 26.8 Å². The Hall–Kier alpha value is -3.16. The van der Waals surface area contributed by atoms with Crippen LogP contribution in [-0.2, 0) is 17.8 Å². The fraction of sp³-hybridized carbons (Fsp3) is 0.217. The molecule has 0 aliphatic carbocycles. The number of nitrogens with zero attached hydrogens (tertiary/aromatic N) is 3. The molecule has 0 aliphatic rings. The number of oxime groups is 1. The zero-order valence-corrected chi connectivity index (χ0v) is 19.2. The van der Waals surface area contributed by atoms with Crippen molar-refractivity contribution in [1.29, 1.82) is 0 Å². The number of carboxylic acid groups (broad SMARTS) is 1. The van der Waals surface area contributed by atoms with E-state index >= 15 is 0 Å². The van der Waals surface area contributed by atoms with Crippen molar-refractivity contribution in [3.05, 3.63) is 85.4 Å². The third-order valence-electron chi connectivity index (χ3n) is 4.95. The summed E-state index contributed by atoms with van der Waals surface area (Å²) < 4.78 is 1.79. The maximum Gasteiger partial charge on any atom is 0.341 e. The maximum atomic E-state index is 12.8. The molecule has 0 amide bonds. The summed E-state index contributed by atoms with van der Waals surface area (Å²) in [5, 5.41) is 14.2. The average Bonchev–Trinajstić information content (AvgIpc) is 2.75. The van der Waals surface area contributed by atoms with Crippen LogP contribution >= 0.6 is 23.2 Å². The van der Waals surface area contributed by atoms with Gasteiger partial charge in [0.05, 0.1) is 21.5 Å². The molecule has 9 heteroatoms. The number of halogens is 2. The largest absolute Gasteiger partial charge is 0.477 e. The Kier molecular flexibility index (Phi) is 7.33. The molecule has 0 bridgehead atoms. The number of pyridine rings is 2. The summed E-state index contributed by atoms with van der Waals surface area (Å²) in [5.41, 5.74) is 2.70. The van der Waals surface area contributed by atoms with Crippen molar-refractivity contribution in [3.63, 3.8) is 0 Å². The molecule has 2 aromatic heterocycles. The number of aromatic carboxylic acids is 1. The molecule has 3 rings (SSSR count). The second-order valence-corrected chi connectivity index (χ2v) is 7.79. The highest BCUT2D eigenvalue weighted by atomic mass is 35.5. The molecule has 0 aliphatic heterocycles. The maximum absolute atomic E-state index is 12.8. The topological polar surface area (TPSA) is 93.8 Å². The Morgan fingerprint density at radius 3 is 2.50 bits per heavy atom. The molecule has 0 spiro atoms. The average molecular weight is 474 g/mol. The quantitative estimate of drug-likeness (QED) is 0.389. The van der Waals surface area contributed by atoms with Gasteiger partial charge in [0.25, 0.3) is 0 Å². The second-order valence-electron chi connectivity index (χ2n) is 6.98. The molecule has 0 radical (unpaired) electrons. The number of carbonyl (C=O) groups is 1. The van der Waals surface area contributed by atoms with Crippen molar-refractivity contribution >= 4 is 34.9 Å². The number of benzene rings is 1. The number of hydrogen-bond donors (Lipinski definition) is 1. The molecule has 32 heavy (non-hydrogen) atoms. The summed E-state index contributed by atoms with van der Waals surface area (Å²) in [6, 6.07) is 9.83. The fourth-order valence-corrected chi connectivity index (χ4v) is 3.77. The fourth-order valence-electron chi connectivity index (χ4n) is 3.47. The summed E-state index contributed by atoms with van der Waals surface area (Å²) in [7, 11) is 1.47. The number of carboxylic acids is 1. The molecule has 2 heterocycles. The molecule has 0 saturated carbocycles. The lowest BCUT2D eigenvalue weighted by Crippen LogP contribution is -2.23. The zero-order chi connectivity index (χ0) is 23.4. The van der Waals surface area contributed by atoms with Gasteiger partial charge < -0.3 is 14.5 Å². The minimum Gasteiger partial charge on any atom is -0.477 e. The molecule has 0 fully saturated rings. The van der Waals surface area contributed by atoms with Crippen molar-refractivity contribution in [3.8, 4) is 11.3 Å². The van der Waals surface area contributed by atoms with E-state index in [9.17, 15) is 14.7 Å². The van der Waals surface area contributed by atoms with Gasteiger partial charge in [-0.1, -0.05) is 34.4 Å². The minimum absolute atomic E-state index is 0.270. The van der Waals surface area contributed by atoms with Gasteiger partial charge in [0.2, 0.25) is 0 Å². The SMILES string of the molecule is CCn1c(Cc2ccc(/C(C)=N/OC)cn2)cc(=O)c(C(=O)O)c1-c1ccc(Cl)c(Cl)c1. The van der Waals surface area contributed by atoms with Crippen LogP contribution in [0.5, 0.6) is 0 Å². The third kappa shape index (κ3) is 4.84. The van der Waals surface area contributed by atoms with E-state index in [2.05, 4.69) is 10.1 Å². The zero-order valence-electron chi connectivity index (χ0n) is 17.7. The Morgan fingerprint density at radius 2 is 1.94 bits per heavy atom. The standard InChI is InChI=1S/C23H21Cl2N3O4/c1-4-28-17(10-16-7-5-15(12-26-16)13(2)27-32-3)11-20(29)21(23(30)31)22(28)14-6-8-18(24)19(25)9-14/h5-9,11-12H,4,10H2,1-3H3,(H,30,31)/b27-13+. The molecule has 0 saturated heterocycles. The van der Waals surface area contributed by atoms with Crippen LogP contribution in [0.3, 0.4) is 0 Å². The normalized spacial score (nSPS) is 11.5. The molecule has 1 aromatic carbocycles. The summed E-state index contributed by atoms with van der Waals surface area (Å²) >= 11 is 12.2. The highest BCUT2D eigenvalue weighted by Gasteiger charge is 2.22. The van der Waals surface area contributed by atoms with E-state index < -0.39 is 11.4 Å². The third-order valence-corrected chi connectivity index (χ3v) is 5.69. The highest BCUT2D eigenvalue weighted by molar-refractivity contribution is 6.42. The smallest absolute Gasteiger partial charge is 0.341 e. The minimum atomic E-state index is -1.31. The Balaban J connectivity index is 2.14. The van der Waals surface area contributed by atoms with E-state index in [4.69, 9.17) is 28.0 Å². The molecule has 166 valence electrons. The number of hydrogen-bond acceptors (Lipinski definition) is 5. The van der Waals surface area contributed by atoms with Gasteiger partial charge in [-0.3, -0.25) is 9.78 Å². The van der Waals surface area contributed by atoms with Gasteiger partial charge in [-0.25, -0.2) is 4.79 Å². The lowest BCUT2D eigenvalue weighted by atomic mass is 10.0. The molecule has 3 aromatic rings. The first-order chi connectivity index (χ1) is 15.3. The summed E-state index contributed by atoms with van der Waals surface area (Å²) in [6.45, 7) is 4.12. The van der Waals surface area contributed by atoms with Crippen LogP contribution in [0.2, 0.25) is 10.0 Å². The molecule has 7 nitrogen and oxygen atoms in total. The van der Waals surface area contributed by atoms with Crippen LogP contribution in [-0.4, -0.2) is 33.4 Å². The van der Waals surface area contributed by atoms with Gasteiger partial charge in [0.15, 0.2) is 5.43 Å². The van der Waals surface area contributed by atoms with E-state index in [1.807, 2.05) is 26.0 Å². The van der Waals surface area contributed by atoms with Crippen LogP contribution in [0.25, 0.3) is 11.3 Å². The van der Waals surface area contributed by atoms with Crippen molar-refractivity contribution in [1.82, 2.24) is 9.55 Å². The van der Waals surface area contributed by atoms with E-state index in [-0.39, 0.29) is 16.3 Å². The van der Waals surface area contributed by atoms with Crippen LogP contribution in [0.15, 0.2) is 52.5 Å². The second kappa shape index (κ2) is 9.97. The Morgan fingerprint density at radius 1 is 1.19 bits per heavy atom. The predicted molar refractivity (Wildman–Crippen MR) is 125 cm³/mol. The van der Waals surface area contributed by atoms with E-state index in [0.29, 0.717) is 40.7 Å². The molecule has 0 unspecified atom stereocenters. The Labute approximate surface area is 194 Å². The monoisotopic (exact) mass is 473 g/mol. The first-order valence-corrected chi connectivity index (χ1v) is 10.5. The highest BCUT2D eigenvalue weighted by Crippen LogP contribution is 2.31. The number of rotatable bonds is 7. The van der Waals surface area contributed by atoms with Crippen LogP contribution in [0, 0.1) is 0 Å². The van der Waals surface area contributed by atoms with Gasteiger partial charge in [0.1, 0.15) is 12.7 Å². The first kappa shape index (κ1) is 23.5. The predicted octanol–water partition coefficient (Wildman–Crippen LogP) is 4.90. The number of aromatic nitrogens is 2. The van der Waals surface area contributed by atoms with E-state index in [1.54, 1.807) is 29.0 Å². The summed E-state index contributed by atoms with van der Waals surface area (Å²) in [6.07, 6.45) is 2.01. The van der Waals surface area contributed by atoms with E-state index in [1.165, 1.54) is 13.2 Å². The van der Waals surface area contributed by atoms with Crippen LogP contribution in [0.4, 0.5) is 0 Å². The lowest BCUT2D eigenvalue weighted by molar-refractivity contribution is 0.0695. The van der Waals surface area contributed by atoms with Crippen LogP contribution < -0.4 is 5.43 Å². The summed E-state index contributed by atoms with van der Waals surface area (Å²) in [5.74, 6) is -1.31. The van der Waals surface area contributed by atoms with Gasteiger partial charge in [-0.05, 0) is 38.1 Å². The van der Waals surface area contributed by atoms with Crippen molar-refractivity contribution < 1.29 is 14.7 Å². The molecule has 0 atom stereocenters. The summed E-state index contributed by atoms with van der Waals surface area (Å²) in [4.78, 5) is 34.0. The van der Waals surface area contributed by atoms with Crippen molar-refractivity contribution in [2.75, 3.05) is 7.11 Å².